The van der Waals surface area contributed by atoms with Gasteiger partial charge >= 0.3 is 12.4 Å². The lowest BCUT2D eigenvalue weighted by atomic mass is 10.2. The van der Waals surface area contributed by atoms with Crippen LogP contribution in [0.4, 0.5) is 37.7 Å². The van der Waals surface area contributed by atoms with Crippen LogP contribution in [-0.4, -0.2) is 12.8 Å². The molecule has 0 saturated carbocycles. The summed E-state index contributed by atoms with van der Waals surface area (Å²) in [4.78, 5) is 22.5. The highest BCUT2D eigenvalue weighted by molar-refractivity contribution is 8.78. The van der Waals surface area contributed by atoms with Crippen molar-refractivity contribution in [2.24, 2.45) is 0 Å². The van der Waals surface area contributed by atoms with Gasteiger partial charge in [-0.15, -0.1) is 0 Å². The summed E-state index contributed by atoms with van der Waals surface area (Å²) < 4.78 is 78.4. The lowest BCUT2D eigenvalue weighted by Gasteiger charge is -2.21. The van der Waals surface area contributed by atoms with Crippen molar-refractivity contribution in [1.82, 2.24) is 0 Å². The minimum atomic E-state index is -4.62. The zero-order valence-electron chi connectivity index (χ0n) is 13.6. The molecule has 0 fully saturated rings. The molecule has 0 aliphatic rings. The highest BCUT2D eigenvalue weighted by Gasteiger charge is 2.32. The van der Waals surface area contributed by atoms with E-state index in [9.17, 15) is 35.9 Å². The number of carbonyl (C=O) groups excluding carboxylic acids is 2. The van der Waals surface area contributed by atoms with Gasteiger partial charge in [0.1, 0.15) is 0 Å². The second-order valence-electron chi connectivity index (χ2n) is 5.11. The normalized spacial score (nSPS) is 11.8. The third-order valence-corrected chi connectivity index (χ3v) is 5.39. The molecule has 2 amide bonds. The zero-order valence-corrected chi connectivity index (χ0v) is 15.2. The van der Waals surface area contributed by atoms with Gasteiger partial charge in [0.15, 0.2) is 0 Å². The lowest BCUT2D eigenvalue weighted by Crippen LogP contribution is -2.16. The van der Waals surface area contributed by atoms with Gasteiger partial charge in [-0.1, -0.05) is 12.1 Å². The maximum absolute atomic E-state index is 12.8. The van der Waals surface area contributed by atoms with Crippen LogP contribution in [0.15, 0.2) is 48.5 Å². The van der Waals surface area contributed by atoms with E-state index in [0.29, 0.717) is 22.0 Å². The molecule has 0 aliphatic carbocycles. The fourth-order valence-electron chi connectivity index (χ4n) is 1.95. The van der Waals surface area contributed by atoms with Gasteiger partial charge in [-0.25, -0.2) is 8.61 Å². The molecule has 0 aliphatic heterocycles. The Morgan fingerprint density at radius 2 is 1.04 bits per heavy atom. The smallest absolute Gasteiger partial charge is 0.277 e. The summed E-state index contributed by atoms with van der Waals surface area (Å²) in [6.07, 6.45) is -8.78. The van der Waals surface area contributed by atoms with Crippen molar-refractivity contribution in [3.63, 3.8) is 0 Å². The Balaban J connectivity index is 2.18. The minimum Gasteiger partial charge on any atom is -0.277 e. The van der Waals surface area contributed by atoms with Gasteiger partial charge in [0.25, 0.3) is 0 Å². The second-order valence-corrected chi connectivity index (χ2v) is 7.09. The van der Waals surface area contributed by atoms with Gasteiger partial charge in [0, 0.05) is 0 Å². The molecular weight excluding hydrogens is 430 g/mol. The number of alkyl halides is 6. The van der Waals surface area contributed by atoms with E-state index in [2.05, 4.69) is 0 Å². The summed E-state index contributed by atoms with van der Waals surface area (Å²) in [6.45, 7) is 0. The Kier molecular flexibility index (Phi) is 6.88. The number of benzene rings is 2. The van der Waals surface area contributed by atoms with E-state index in [1.54, 1.807) is 0 Å². The van der Waals surface area contributed by atoms with Crippen LogP contribution in [0.2, 0.25) is 0 Å². The van der Waals surface area contributed by atoms with Crippen molar-refractivity contribution in [2.45, 2.75) is 12.4 Å². The molecule has 12 heteroatoms. The van der Waals surface area contributed by atoms with Gasteiger partial charge in [-0.3, -0.25) is 9.59 Å². The Bertz CT molecular complexity index is 775. The molecule has 0 bridgehead atoms. The van der Waals surface area contributed by atoms with E-state index in [4.69, 9.17) is 0 Å². The molecule has 28 heavy (non-hydrogen) atoms. The average molecular weight is 440 g/mol. The van der Waals surface area contributed by atoms with Crippen molar-refractivity contribution < 1.29 is 35.9 Å². The van der Waals surface area contributed by atoms with Gasteiger partial charge in [0.05, 0.1) is 44.5 Å². The summed E-state index contributed by atoms with van der Waals surface area (Å²) >= 11 is 0. The maximum Gasteiger partial charge on any atom is 0.416 e. The fraction of sp³-hybridized carbons (Fsp3) is 0.125. The molecule has 0 unspecified atom stereocenters. The Labute approximate surface area is 163 Å². The van der Waals surface area contributed by atoms with Crippen LogP contribution < -0.4 is 8.61 Å². The molecule has 0 radical (unpaired) electrons. The van der Waals surface area contributed by atoms with Gasteiger partial charge < -0.3 is 0 Å². The first-order valence-electron chi connectivity index (χ1n) is 7.24. The maximum atomic E-state index is 12.8. The Hall–Kier alpha value is -2.34. The monoisotopic (exact) mass is 440 g/mol. The van der Waals surface area contributed by atoms with E-state index in [0.717, 1.165) is 45.0 Å². The van der Waals surface area contributed by atoms with Crippen LogP contribution in [0.5, 0.6) is 0 Å². The molecule has 0 spiro atoms. The first-order chi connectivity index (χ1) is 13.1. The van der Waals surface area contributed by atoms with E-state index in [1.165, 1.54) is 12.1 Å². The minimum absolute atomic E-state index is 0.114. The van der Waals surface area contributed by atoms with E-state index in [1.807, 2.05) is 0 Å². The fourth-order valence-corrected chi connectivity index (χ4v) is 3.72. The largest absolute Gasteiger partial charge is 0.416 e. The highest BCUT2D eigenvalue weighted by Crippen LogP contribution is 2.39. The molecular formula is C16H10F6N2O2S2. The van der Waals surface area contributed by atoms with Gasteiger partial charge in [-0.2, -0.15) is 26.3 Å². The van der Waals surface area contributed by atoms with Crippen molar-refractivity contribution in [3.05, 3.63) is 59.7 Å². The average Bonchev–Trinajstić information content (AvgIpc) is 2.64. The summed E-state index contributed by atoms with van der Waals surface area (Å²) in [5.41, 5.74) is -2.19. The number of hydrogen-bond donors (Lipinski definition) is 0. The third kappa shape index (κ3) is 5.58. The molecule has 2 rings (SSSR count). The van der Waals surface area contributed by atoms with Gasteiger partial charge in [0.2, 0.25) is 12.8 Å². The van der Waals surface area contributed by atoms with Crippen molar-refractivity contribution in [2.75, 3.05) is 8.61 Å². The number of amides is 2. The number of nitrogens with zero attached hydrogens (tertiary/aromatic N) is 2. The molecule has 0 saturated heterocycles. The van der Waals surface area contributed by atoms with E-state index in [-0.39, 0.29) is 24.2 Å². The van der Waals surface area contributed by atoms with Crippen molar-refractivity contribution in [3.8, 4) is 0 Å². The standard InChI is InChI=1S/C16H10F6N2O2S2/c17-15(18,19)11-3-1-5-13(7-11)23(9-25)27-28-24(10-26)14-6-2-4-12(8-14)16(20,21)22/h1-10H. The van der Waals surface area contributed by atoms with Crippen LogP contribution in [0.3, 0.4) is 0 Å². The van der Waals surface area contributed by atoms with Crippen molar-refractivity contribution >= 4 is 46.2 Å². The second kappa shape index (κ2) is 8.78. The van der Waals surface area contributed by atoms with Crippen LogP contribution in [-0.2, 0) is 21.9 Å². The molecule has 2 aromatic carbocycles. The lowest BCUT2D eigenvalue weighted by molar-refractivity contribution is -0.138. The van der Waals surface area contributed by atoms with Crippen LogP contribution in [0.1, 0.15) is 11.1 Å². The zero-order chi connectivity index (χ0) is 20.9. The predicted molar refractivity (Wildman–Crippen MR) is 95.2 cm³/mol. The summed E-state index contributed by atoms with van der Waals surface area (Å²) in [5.74, 6) is 0. The number of hydrogen-bond acceptors (Lipinski definition) is 4. The first kappa shape index (κ1) is 22.0. The predicted octanol–water partition coefficient (Wildman–Crippen LogP) is 5.56. The number of rotatable bonds is 7. The molecule has 0 N–H and O–H groups in total. The van der Waals surface area contributed by atoms with Crippen LogP contribution >= 0.6 is 22.0 Å². The number of anilines is 2. The first-order valence-corrected chi connectivity index (χ1v) is 9.31. The summed E-state index contributed by atoms with van der Waals surface area (Å²) in [7, 11) is 1.13. The van der Waals surface area contributed by atoms with Crippen LogP contribution in [0, 0.1) is 0 Å². The molecule has 0 heterocycles. The summed E-state index contributed by atoms with van der Waals surface area (Å²) in [6, 6.07) is 7.80. The molecule has 0 atom stereocenters. The molecule has 150 valence electrons. The van der Waals surface area contributed by atoms with Crippen molar-refractivity contribution in [1.29, 1.82) is 0 Å². The van der Waals surface area contributed by atoms with E-state index >= 15 is 0 Å². The molecule has 2 aromatic rings. The topological polar surface area (TPSA) is 40.6 Å². The Morgan fingerprint density at radius 1 is 0.679 bits per heavy atom. The third-order valence-electron chi connectivity index (χ3n) is 3.24. The quantitative estimate of drug-likeness (QED) is 0.245. The van der Waals surface area contributed by atoms with Gasteiger partial charge in [-0.05, 0) is 36.4 Å². The molecule has 0 aromatic heterocycles. The van der Waals surface area contributed by atoms with Crippen LogP contribution in [0.25, 0.3) is 0 Å². The van der Waals surface area contributed by atoms with E-state index < -0.39 is 23.5 Å². The SMILES string of the molecule is O=CN(SSN(C=O)c1cccc(C(F)(F)F)c1)c1cccc(C(F)(F)F)c1. The number of halogens is 6. The molecule has 4 nitrogen and oxygen atoms in total. The Morgan fingerprint density at radius 3 is 1.32 bits per heavy atom. The highest BCUT2D eigenvalue weighted by atomic mass is 33.1. The number of carbonyl (C=O) groups is 2. The summed E-state index contributed by atoms with van der Waals surface area (Å²) in [5, 5.41) is 0.